The third-order valence-corrected chi connectivity index (χ3v) is 3.07. The van der Waals surface area contributed by atoms with Gasteiger partial charge >= 0.3 is 5.97 Å². The number of anilines is 1. The number of carbonyl (C=O) groups excluding carboxylic acids is 1. The third kappa shape index (κ3) is 2.07. The lowest BCUT2D eigenvalue weighted by Crippen LogP contribution is -2.25. The lowest BCUT2D eigenvalue weighted by Gasteiger charge is -2.26. The van der Waals surface area contributed by atoms with Gasteiger partial charge in [0.15, 0.2) is 6.23 Å². The molecule has 1 unspecified atom stereocenters. The second kappa shape index (κ2) is 4.65. The van der Waals surface area contributed by atoms with Gasteiger partial charge in [-0.1, -0.05) is 12.1 Å². The fourth-order valence-electron chi connectivity index (χ4n) is 2.05. The fourth-order valence-corrected chi connectivity index (χ4v) is 2.05. The van der Waals surface area contributed by atoms with Crippen molar-refractivity contribution < 1.29 is 14.5 Å². The zero-order chi connectivity index (χ0) is 14.1. The van der Waals surface area contributed by atoms with Crippen LogP contribution >= 0.6 is 0 Å². The predicted octanol–water partition coefficient (Wildman–Crippen LogP) is 2.88. The average Bonchev–Trinajstić information content (AvgIpc) is 2.47. The lowest BCUT2D eigenvalue weighted by molar-refractivity contribution is -0.384. The van der Waals surface area contributed by atoms with E-state index in [1.165, 1.54) is 12.1 Å². The van der Waals surface area contributed by atoms with Crippen LogP contribution in [0.3, 0.4) is 0 Å². The number of carbonyl (C=O) groups is 1. The van der Waals surface area contributed by atoms with E-state index in [0.717, 1.165) is 0 Å². The molecule has 2 aromatic rings. The molecular formula is C14H10N2O4. The van der Waals surface area contributed by atoms with Crippen LogP contribution in [0.25, 0.3) is 0 Å². The molecule has 0 fully saturated rings. The Morgan fingerprint density at radius 1 is 1.10 bits per heavy atom. The largest absolute Gasteiger partial charge is 0.434 e. The molecule has 0 saturated carbocycles. The number of non-ortho nitro benzene ring substituents is 1. The highest BCUT2D eigenvalue weighted by Crippen LogP contribution is 2.30. The Labute approximate surface area is 114 Å². The quantitative estimate of drug-likeness (QED) is 0.515. The SMILES string of the molecule is O=C1OC(c2ccc([N+](=O)[O-])cc2)Nc2ccccc21. The van der Waals surface area contributed by atoms with E-state index in [9.17, 15) is 14.9 Å². The van der Waals surface area contributed by atoms with Crippen LogP contribution in [0.2, 0.25) is 0 Å². The highest BCUT2D eigenvalue weighted by atomic mass is 16.6. The van der Waals surface area contributed by atoms with Crippen molar-refractivity contribution in [3.05, 3.63) is 69.8 Å². The van der Waals surface area contributed by atoms with Crippen molar-refractivity contribution in [3.63, 3.8) is 0 Å². The van der Waals surface area contributed by atoms with E-state index >= 15 is 0 Å². The van der Waals surface area contributed by atoms with E-state index in [4.69, 9.17) is 4.74 Å². The summed E-state index contributed by atoms with van der Waals surface area (Å²) in [5.41, 5.74) is 1.81. The molecule has 3 rings (SSSR count). The van der Waals surface area contributed by atoms with Crippen LogP contribution in [0.5, 0.6) is 0 Å². The van der Waals surface area contributed by atoms with E-state index in [1.54, 1.807) is 30.3 Å². The topological polar surface area (TPSA) is 81.5 Å². The molecule has 0 amide bonds. The van der Waals surface area contributed by atoms with Gasteiger partial charge in [0.25, 0.3) is 5.69 Å². The van der Waals surface area contributed by atoms with Gasteiger partial charge in [0.2, 0.25) is 0 Å². The zero-order valence-electron chi connectivity index (χ0n) is 10.3. The number of nitrogens with one attached hydrogen (secondary N) is 1. The number of ether oxygens (including phenoxy) is 1. The highest BCUT2D eigenvalue weighted by Gasteiger charge is 2.26. The second-order valence-electron chi connectivity index (χ2n) is 4.32. The van der Waals surface area contributed by atoms with E-state index in [0.29, 0.717) is 16.8 Å². The predicted molar refractivity (Wildman–Crippen MR) is 71.3 cm³/mol. The summed E-state index contributed by atoms with van der Waals surface area (Å²) in [6, 6.07) is 12.9. The molecule has 1 heterocycles. The normalized spacial score (nSPS) is 16.8. The van der Waals surface area contributed by atoms with Crippen LogP contribution in [0, 0.1) is 10.1 Å². The molecule has 0 radical (unpaired) electrons. The monoisotopic (exact) mass is 270 g/mol. The van der Waals surface area contributed by atoms with Crippen molar-refractivity contribution in [2.75, 3.05) is 5.32 Å². The van der Waals surface area contributed by atoms with E-state index in [1.807, 2.05) is 6.07 Å². The molecule has 6 heteroatoms. The Morgan fingerprint density at radius 2 is 1.80 bits per heavy atom. The molecule has 0 aromatic heterocycles. The maximum Gasteiger partial charge on any atom is 0.342 e. The summed E-state index contributed by atoms with van der Waals surface area (Å²) in [6.45, 7) is 0. The molecule has 100 valence electrons. The summed E-state index contributed by atoms with van der Waals surface area (Å²) in [5, 5.41) is 13.7. The molecule has 0 saturated heterocycles. The van der Waals surface area contributed by atoms with Gasteiger partial charge in [-0.3, -0.25) is 10.1 Å². The van der Waals surface area contributed by atoms with Crippen molar-refractivity contribution in [1.29, 1.82) is 0 Å². The molecule has 0 bridgehead atoms. The Balaban J connectivity index is 1.90. The minimum Gasteiger partial charge on any atom is -0.434 e. The zero-order valence-corrected chi connectivity index (χ0v) is 10.3. The first kappa shape index (κ1) is 12.2. The van der Waals surface area contributed by atoms with Crippen molar-refractivity contribution in [3.8, 4) is 0 Å². The minimum absolute atomic E-state index is 0.00344. The molecule has 2 aromatic carbocycles. The molecular weight excluding hydrogens is 260 g/mol. The van der Waals surface area contributed by atoms with Gasteiger partial charge in [-0.2, -0.15) is 0 Å². The number of benzene rings is 2. The van der Waals surface area contributed by atoms with E-state index < -0.39 is 17.1 Å². The second-order valence-corrected chi connectivity index (χ2v) is 4.32. The van der Waals surface area contributed by atoms with Crippen LogP contribution in [0.4, 0.5) is 11.4 Å². The van der Waals surface area contributed by atoms with Crippen molar-refractivity contribution in [2.45, 2.75) is 6.23 Å². The molecule has 20 heavy (non-hydrogen) atoms. The fraction of sp³-hybridized carbons (Fsp3) is 0.0714. The first-order chi connectivity index (χ1) is 9.65. The number of nitro groups is 1. The number of hydrogen-bond acceptors (Lipinski definition) is 5. The summed E-state index contributed by atoms with van der Waals surface area (Å²) in [7, 11) is 0. The molecule has 1 atom stereocenters. The van der Waals surface area contributed by atoms with Gasteiger partial charge in [0, 0.05) is 17.7 Å². The first-order valence-corrected chi connectivity index (χ1v) is 5.96. The average molecular weight is 270 g/mol. The van der Waals surface area contributed by atoms with Crippen LogP contribution < -0.4 is 5.32 Å². The number of fused-ring (bicyclic) bond motifs is 1. The van der Waals surface area contributed by atoms with Crippen molar-refractivity contribution in [1.82, 2.24) is 0 Å². The van der Waals surface area contributed by atoms with Crippen LogP contribution in [0.15, 0.2) is 48.5 Å². The van der Waals surface area contributed by atoms with Crippen molar-refractivity contribution in [2.24, 2.45) is 0 Å². The Hall–Kier alpha value is -2.89. The summed E-state index contributed by atoms with van der Waals surface area (Å²) >= 11 is 0. The lowest BCUT2D eigenvalue weighted by atomic mass is 10.1. The molecule has 0 aliphatic carbocycles. The number of esters is 1. The Bertz CT molecular complexity index is 682. The highest BCUT2D eigenvalue weighted by molar-refractivity contribution is 5.97. The molecule has 6 nitrogen and oxygen atoms in total. The van der Waals surface area contributed by atoms with Gasteiger partial charge in [-0.25, -0.2) is 4.79 Å². The standard InChI is InChI=1S/C14H10N2O4/c17-14-11-3-1-2-4-12(11)15-13(20-14)9-5-7-10(8-6-9)16(18)19/h1-8,13,15H. The van der Waals surface area contributed by atoms with Gasteiger partial charge in [-0.05, 0) is 24.3 Å². The maximum atomic E-state index is 11.9. The van der Waals surface area contributed by atoms with Crippen LogP contribution in [0.1, 0.15) is 22.1 Å². The van der Waals surface area contributed by atoms with Gasteiger partial charge in [0.1, 0.15) is 0 Å². The van der Waals surface area contributed by atoms with Crippen molar-refractivity contribution >= 4 is 17.3 Å². The number of hydrogen-bond donors (Lipinski definition) is 1. The number of nitrogens with zero attached hydrogens (tertiary/aromatic N) is 1. The smallest absolute Gasteiger partial charge is 0.342 e. The molecule has 0 spiro atoms. The third-order valence-electron chi connectivity index (χ3n) is 3.07. The summed E-state index contributed by atoms with van der Waals surface area (Å²) < 4.78 is 5.28. The number of rotatable bonds is 2. The van der Waals surface area contributed by atoms with E-state index in [-0.39, 0.29) is 5.69 Å². The van der Waals surface area contributed by atoms with Gasteiger partial charge in [-0.15, -0.1) is 0 Å². The van der Waals surface area contributed by atoms with Crippen LogP contribution in [-0.4, -0.2) is 10.9 Å². The Kier molecular flexibility index (Phi) is 2.83. The van der Waals surface area contributed by atoms with Crippen LogP contribution in [-0.2, 0) is 4.74 Å². The Morgan fingerprint density at radius 3 is 2.50 bits per heavy atom. The number of nitro benzene ring substituents is 1. The number of para-hydroxylation sites is 1. The first-order valence-electron chi connectivity index (χ1n) is 5.96. The van der Waals surface area contributed by atoms with E-state index in [2.05, 4.69) is 5.32 Å². The summed E-state index contributed by atoms with van der Waals surface area (Å²) in [4.78, 5) is 22.0. The van der Waals surface area contributed by atoms with Gasteiger partial charge < -0.3 is 10.1 Å². The minimum atomic E-state index is -0.641. The number of cyclic esters (lactones) is 1. The molecule has 1 aliphatic heterocycles. The summed E-state index contributed by atoms with van der Waals surface area (Å²) in [5.74, 6) is -0.414. The molecule has 1 N–H and O–H groups in total. The molecule has 1 aliphatic rings. The maximum absolute atomic E-state index is 11.9. The van der Waals surface area contributed by atoms with Gasteiger partial charge in [0.05, 0.1) is 16.2 Å². The summed E-state index contributed by atoms with van der Waals surface area (Å²) in [6.07, 6.45) is -0.641.